The van der Waals surface area contributed by atoms with Gasteiger partial charge in [0.1, 0.15) is 11.5 Å². The molecule has 0 aliphatic rings. The van der Waals surface area contributed by atoms with Crippen molar-refractivity contribution in [2.45, 2.75) is 18.7 Å². The lowest BCUT2D eigenvalue weighted by molar-refractivity contribution is -0.113. The molecule has 0 fully saturated rings. The molecule has 0 aliphatic carbocycles. The number of rotatable bonds is 8. The minimum Gasteiger partial charge on any atom is -0.494 e. The van der Waals surface area contributed by atoms with E-state index >= 15 is 0 Å². The van der Waals surface area contributed by atoms with Gasteiger partial charge in [-0.1, -0.05) is 18.2 Å². The van der Waals surface area contributed by atoms with E-state index in [1.165, 1.54) is 11.8 Å². The largest absolute Gasteiger partial charge is 0.494 e. The maximum Gasteiger partial charge on any atom is 0.234 e. The number of carbonyl (C=O) groups excluding carboxylic acids is 1. The Kier molecular flexibility index (Phi) is 6.81. The molecule has 5 heteroatoms. The van der Waals surface area contributed by atoms with Crippen LogP contribution in [0.4, 0.5) is 5.69 Å². The normalized spacial score (nSPS) is 10.2. The quantitative estimate of drug-likeness (QED) is 0.736. The average Bonchev–Trinajstić information content (AvgIpc) is 2.57. The third kappa shape index (κ3) is 5.53. The van der Waals surface area contributed by atoms with Crippen molar-refractivity contribution in [1.29, 1.82) is 0 Å². The summed E-state index contributed by atoms with van der Waals surface area (Å²) in [5.41, 5.74) is 0.636. The molecule has 2 aromatic rings. The minimum absolute atomic E-state index is 0.0755. The molecular weight excluding hydrogens is 310 g/mol. The predicted molar refractivity (Wildman–Crippen MR) is 94.6 cm³/mol. The lowest BCUT2D eigenvalue weighted by Gasteiger charge is -2.13. The first-order chi connectivity index (χ1) is 11.2. The van der Waals surface area contributed by atoms with Gasteiger partial charge in [0, 0.05) is 11.0 Å². The first-order valence-corrected chi connectivity index (χ1v) is 8.58. The van der Waals surface area contributed by atoms with Crippen LogP contribution >= 0.6 is 11.8 Å². The van der Waals surface area contributed by atoms with E-state index in [0.29, 0.717) is 36.2 Å². The van der Waals surface area contributed by atoms with E-state index in [-0.39, 0.29) is 5.91 Å². The Morgan fingerprint density at radius 1 is 1.04 bits per heavy atom. The van der Waals surface area contributed by atoms with Crippen LogP contribution in [-0.2, 0) is 4.79 Å². The third-order valence-corrected chi connectivity index (χ3v) is 3.96. The van der Waals surface area contributed by atoms with Crippen molar-refractivity contribution in [2.24, 2.45) is 0 Å². The van der Waals surface area contributed by atoms with Crippen LogP contribution in [-0.4, -0.2) is 24.9 Å². The summed E-state index contributed by atoms with van der Waals surface area (Å²) in [5.74, 6) is 1.62. The van der Waals surface area contributed by atoms with Crippen LogP contribution in [0, 0.1) is 0 Å². The van der Waals surface area contributed by atoms with Crippen LogP contribution in [0.1, 0.15) is 13.8 Å². The van der Waals surface area contributed by atoms with E-state index in [4.69, 9.17) is 9.47 Å². The van der Waals surface area contributed by atoms with Crippen molar-refractivity contribution in [3.05, 3.63) is 48.5 Å². The molecule has 0 radical (unpaired) electrons. The smallest absolute Gasteiger partial charge is 0.234 e. The molecule has 2 aromatic carbocycles. The zero-order valence-corrected chi connectivity index (χ0v) is 14.2. The average molecular weight is 331 g/mol. The van der Waals surface area contributed by atoms with Crippen molar-refractivity contribution in [3.8, 4) is 11.5 Å². The van der Waals surface area contributed by atoms with Gasteiger partial charge in [0.15, 0.2) is 0 Å². The number of anilines is 1. The monoisotopic (exact) mass is 331 g/mol. The van der Waals surface area contributed by atoms with E-state index < -0.39 is 0 Å². The Bertz CT molecular complexity index is 631. The second-order valence-corrected chi connectivity index (χ2v) is 5.72. The zero-order chi connectivity index (χ0) is 16.5. The summed E-state index contributed by atoms with van der Waals surface area (Å²) in [6.07, 6.45) is 0. The van der Waals surface area contributed by atoms with Gasteiger partial charge in [-0.15, -0.1) is 11.8 Å². The van der Waals surface area contributed by atoms with Crippen molar-refractivity contribution in [1.82, 2.24) is 0 Å². The number of benzene rings is 2. The number of thioether (sulfide) groups is 1. The summed E-state index contributed by atoms with van der Waals surface area (Å²) in [4.78, 5) is 13.2. The second-order valence-electron chi connectivity index (χ2n) is 4.67. The molecular formula is C18H21NO3S. The number of amides is 1. The molecule has 0 atom stereocenters. The summed E-state index contributed by atoms with van der Waals surface area (Å²) in [7, 11) is 0. The summed E-state index contributed by atoms with van der Waals surface area (Å²) in [5, 5.41) is 2.90. The molecule has 2 rings (SSSR count). The number of ether oxygens (including phenoxy) is 2. The van der Waals surface area contributed by atoms with Crippen LogP contribution in [0.2, 0.25) is 0 Å². The van der Waals surface area contributed by atoms with Crippen LogP contribution < -0.4 is 14.8 Å². The van der Waals surface area contributed by atoms with Gasteiger partial charge in [0.05, 0.1) is 24.7 Å². The van der Waals surface area contributed by atoms with Crippen molar-refractivity contribution >= 4 is 23.4 Å². The fourth-order valence-corrected chi connectivity index (χ4v) is 2.72. The van der Waals surface area contributed by atoms with Gasteiger partial charge in [0.2, 0.25) is 5.91 Å². The Morgan fingerprint density at radius 2 is 1.78 bits per heavy atom. The first-order valence-electron chi connectivity index (χ1n) is 7.60. The summed E-state index contributed by atoms with van der Waals surface area (Å²) < 4.78 is 11.0. The lowest BCUT2D eigenvalue weighted by atomic mass is 10.2. The molecule has 1 N–H and O–H groups in total. The highest BCUT2D eigenvalue weighted by molar-refractivity contribution is 8.00. The summed E-state index contributed by atoms with van der Waals surface area (Å²) in [6.45, 7) is 4.94. The van der Waals surface area contributed by atoms with Gasteiger partial charge in [-0.25, -0.2) is 0 Å². The highest BCUT2D eigenvalue weighted by Crippen LogP contribution is 2.30. The minimum atomic E-state index is -0.0755. The Balaban J connectivity index is 2.01. The Labute approximate surface area is 141 Å². The Hall–Kier alpha value is -2.14. The number of hydrogen-bond donors (Lipinski definition) is 1. The fourth-order valence-electron chi connectivity index (χ4n) is 2.00. The van der Waals surface area contributed by atoms with E-state index in [1.807, 2.05) is 56.3 Å². The molecule has 122 valence electrons. The number of carbonyl (C=O) groups is 1. The van der Waals surface area contributed by atoms with Gasteiger partial charge < -0.3 is 14.8 Å². The number of hydrogen-bond acceptors (Lipinski definition) is 4. The molecule has 0 aromatic heterocycles. The van der Waals surface area contributed by atoms with Crippen LogP contribution in [0.15, 0.2) is 53.4 Å². The predicted octanol–water partition coefficient (Wildman–Crippen LogP) is 4.21. The molecule has 0 saturated heterocycles. The number of nitrogens with one attached hydrogen (secondary N) is 1. The van der Waals surface area contributed by atoms with Gasteiger partial charge in [-0.3, -0.25) is 4.79 Å². The SMILES string of the molecule is CCOc1ccc(OCC)c(NC(=O)CSc2ccccc2)c1. The first kappa shape index (κ1) is 17.2. The highest BCUT2D eigenvalue weighted by Gasteiger charge is 2.10. The standard InChI is InChI=1S/C18H21NO3S/c1-3-21-14-10-11-17(22-4-2)16(12-14)19-18(20)13-23-15-8-6-5-7-9-15/h5-12H,3-4,13H2,1-2H3,(H,19,20). The molecule has 23 heavy (non-hydrogen) atoms. The van der Waals surface area contributed by atoms with E-state index in [1.54, 1.807) is 6.07 Å². The molecule has 0 bridgehead atoms. The molecule has 1 amide bonds. The molecule has 0 saturated carbocycles. The van der Waals surface area contributed by atoms with E-state index in [9.17, 15) is 4.79 Å². The van der Waals surface area contributed by atoms with E-state index in [0.717, 1.165) is 4.90 Å². The maximum absolute atomic E-state index is 12.2. The summed E-state index contributed by atoms with van der Waals surface area (Å²) in [6, 6.07) is 15.3. The third-order valence-electron chi connectivity index (χ3n) is 2.95. The van der Waals surface area contributed by atoms with E-state index in [2.05, 4.69) is 5.32 Å². The van der Waals surface area contributed by atoms with Crippen LogP contribution in [0.3, 0.4) is 0 Å². The van der Waals surface area contributed by atoms with Crippen molar-refractivity contribution in [3.63, 3.8) is 0 Å². The van der Waals surface area contributed by atoms with Crippen molar-refractivity contribution in [2.75, 3.05) is 24.3 Å². The van der Waals surface area contributed by atoms with Gasteiger partial charge in [-0.2, -0.15) is 0 Å². The molecule has 0 unspecified atom stereocenters. The highest BCUT2D eigenvalue weighted by atomic mass is 32.2. The van der Waals surface area contributed by atoms with Gasteiger partial charge in [-0.05, 0) is 38.1 Å². The zero-order valence-electron chi connectivity index (χ0n) is 13.4. The van der Waals surface area contributed by atoms with Gasteiger partial charge in [0.25, 0.3) is 0 Å². The molecule has 0 spiro atoms. The summed E-state index contributed by atoms with van der Waals surface area (Å²) >= 11 is 1.50. The topological polar surface area (TPSA) is 47.6 Å². The lowest BCUT2D eigenvalue weighted by Crippen LogP contribution is -2.15. The second kappa shape index (κ2) is 9.10. The fraction of sp³-hybridized carbons (Fsp3) is 0.278. The Morgan fingerprint density at radius 3 is 2.48 bits per heavy atom. The molecule has 4 nitrogen and oxygen atoms in total. The molecule has 0 heterocycles. The maximum atomic E-state index is 12.2. The van der Waals surface area contributed by atoms with Crippen molar-refractivity contribution < 1.29 is 14.3 Å². The molecule has 0 aliphatic heterocycles. The van der Waals surface area contributed by atoms with Gasteiger partial charge >= 0.3 is 0 Å². The van der Waals surface area contributed by atoms with Crippen LogP contribution in [0.5, 0.6) is 11.5 Å². The van der Waals surface area contributed by atoms with Crippen LogP contribution in [0.25, 0.3) is 0 Å².